The minimum absolute atomic E-state index is 0.140. The normalized spacial score (nSPS) is 16.3. The number of nitrogens with zero attached hydrogens (tertiary/aromatic N) is 2. The topological polar surface area (TPSA) is 64.0 Å². The van der Waals surface area contributed by atoms with E-state index in [1.54, 1.807) is 28.8 Å². The van der Waals surface area contributed by atoms with Crippen LogP contribution in [0.2, 0.25) is 0 Å². The molecule has 126 valence electrons. The van der Waals surface area contributed by atoms with Crippen LogP contribution in [-0.4, -0.2) is 15.5 Å². The van der Waals surface area contributed by atoms with Crippen LogP contribution >= 0.6 is 0 Å². The highest BCUT2D eigenvalue weighted by Gasteiger charge is 2.29. The van der Waals surface area contributed by atoms with Crippen LogP contribution in [0.1, 0.15) is 42.5 Å². The van der Waals surface area contributed by atoms with Gasteiger partial charge in [-0.3, -0.25) is 14.2 Å². The largest absolute Gasteiger partial charge is 0.342 e. The molecule has 25 heavy (non-hydrogen) atoms. The van der Waals surface area contributed by atoms with E-state index in [-0.39, 0.29) is 17.5 Å². The van der Waals surface area contributed by atoms with Crippen LogP contribution in [0, 0.1) is 5.92 Å². The molecular weight excluding hydrogens is 314 g/mol. The summed E-state index contributed by atoms with van der Waals surface area (Å²) in [5, 5.41) is 3.61. The van der Waals surface area contributed by atoms with Crippen molar-refractivity contribution >= 4 is 16.8 Å². The van der Waals surface area contributed by atoms with Crippen molar-refractivity contribution in [3.63, 3.8) is 0 Å². The molecule has 0 saturated heterocycles. The molecule has 5 heteroatoms. The summed E-state index contributed by atoms with van der Waals surface area (Å²) in [7, 11) is 0. The Kier molecular flexibility index (Phi) is 3.64. The van der Waals surface area contributed by atoms with Gasteiger partial charge in [0.15, 0.2) is 0 Å². The summed E-state index contributed by atoms with van der Waals surface area (Å²) < 4.78 is 1.60. The van der Waals surface area contributed by atoms with Gasteiger partial charge >= 0.3 is 0 Å². The molecule has 0 unspecified atom stereocenters. The third-order valence-electron chi connectivity index (χ3n) is 4.52. The van der Waals surface area contributed by atoms with Gasteiger partial charge in [-0.25, -0.2) is 4.98 Å². The average molecular weight is 333 g/mol. The first-order valence-electron chi connectivity index (χ1n) is 8.48. The van der Waals surface area contributed by atoms with Crippen LogP contribution in [0.5, 0.6) is 0 Å². The fourth-order valence-corrected chi connectivity index (χ4v) is 3.41. The molecule has 0 spiro atoms. The van der Waals surface area contributed by atoms with Crippen molar-refractivity contribution in [1.82, 2.24) is 14.9 Å². The number of nitrogens with one attached hydrogen (secondary N) is 1. The van der Waals surface area contributed by atoms with Gasteiger partial charge in [0.2, 0.25) is 0 Å². The second-order valence-electron chi connectivity index (χ2n) is 6.80. The number of para-hydroxylation sites is 2. The Morgan fingerprint density at radius 2 is 1.80 bits per heavy atom. The second kappa shape index (κ2) is 5.84. The van der Waals surface area contributed by atoms with Crippen LogP contribution in [0.15, 0.2) is 53.3 Å². The Balaban J connectivity index is 2.10. The zero-order valence-corrected chi connectivity index (χ0v) is 14.2. The molecule has 0 bridgehead atoms. The predicted molar refractivity (Wildman–Crippen MR) is 97.0 cm³/mol. The van der Waals surface area contributed by atoms with E-state index in [0.29, 0.717) is 40.3 Å². The molecular formula is C20H19N3O2. The third-order valence-corrected chi connectivity index (χ3v) is 4.52. The molecule has 1 N–H and O–H groups in total. The summed E-state index contributed by atoms with van der Waals surface area (Å²) in [5.74, 6) is 0.772. The second-order valence-corrected chi connectivity index (χ2v) is 6.80. The lowest BCUT2D eigenvalue weighted by molar-refractivity contribution is 0.0933. The van der Waals surface area contributed by atoms with Gasteiger partial charge in [0.1, 0.15) is 5.82 Å². The number of carbonyl (C=O) groups is 1. The standard InChI is InChI=1S/C20H19N3O2/c1-12(2)11-16-18-21-15-9-5-3-7-13(15)20(25)23(18)17-10-6-4-8-14(17)19(24)22-16/h3-10,12,16H,11H2,1-2H3,(H,22,24)/t16-/m0/s1. The van der Waals surface area contributed by atoms with Crippen molar-refractivity contribution in [2.45, 2.75) is 26.3 Å². The lowest BCUT2D eigenvalue weighted by atomic mass is 10.0. The first-order valence-corrected chi connectivity index (χ1v) is 8.48. The number of amides is 1. The summed E-state index contributed by atoms with van der Waals surface area (Å²) in [6.07, 6.45) is 0.713. The van der Waals surface area contributed by atoms with Gasteiger partial charge in [-0.05, 0) is 36.6 Å². The van der Waals surface area contributed by atoms with E-state index in [0.717, 1.165) is 0 Å². The molecule has 4 rings (SSSR count). The summed E-state index contributed by atoms with van der Waals surface area (Å²) in [4.78, 5) is 30.7. The number of benzene rings is 2. The number of fused-ring (bicyclic) bond motifs is 4. The molecule has 0 saturated carbocycles. The van der Waals surface area contributed by atoms with Crippen molar-refractivity contribution < 1.29 is 4.79 Å². The first kappa shape index (κ1) is 15.6. The highest BCUT2D eigenvalue weighted by atomic mass is 16.2. The van der Waals surface area contributed by atoms with E-state index in [9.17, 15) is 9.59 Å². The maximum Gasteiger partial charge on any atom is 0.266 e. The monoisotopic (exact) mass is 333 g/mol. The van der Waals surface area contributed by atoms with Crippen LogP contribution in [0.3, 0.4) is 0 Å². The molecule has 3 aromatic rings. The van der Waals surface area contributed by atoms with Crippen molar-refractivity contribution in [2.75, 3.05) is 0 Å². The third kappa shape index (κ3) is 2.52. The van der Waals surface area contributed by atoms with E-state index in [2.05, 4.69) is 19.2 Å². The van der Waals surface area contributed by atoms with Crippen LogP contribution in [0.25, 0.3) is 16.6 Å². The van der Waals surface area contributed by atoms with E-state index >= 15 is 0 Å². The number of aromatic nitrogens is 2. The van der Waals surface area contributed by atoms with Crippen molar-refractivity contribution in [2.24, 2.45) is 5.92 Å². The summed E-state index contributed by atoms with van der Waals surface area (Å²) in [5.41, 5.74) is 1.60. The fraction of sp³-hybridized carbons (Fsp3) is 0.250. The molecule has 0 aliphatic carbocycles. The molecule has 0 radical (unpaired) electrons. The van der Waals surface area contributed by atoms with Crippen molar-refractivity contribution in [3.8, 4) is 5.69 Å². The van der Waals surface area contributed by atoms with E-state index in [1.165, 1.54) is 0 Å². The number of rotatable bonds is 2. The minimum atomic E-state index is -0.308. The Bertz CT molecular complexity index is 1040. The SMILES string of the molecule is CC(C)C[C@@H]1NC(=O)c2ccccc2-n2c1nc1ccccc1c2=O. The summed E-state index contributed by atoms with van der Waals surface area (Å²) in [6.45, 7) is 4.18. The number of carbonyl (C=O) groups excluding carboxylic acids is 1. The zero-order valence-electron chi connectivity index (χ0n) is 14.2. The molecule has 1 amide bonds. The maximum atomic E-state index is 13.2. The first-order chi connectivity index (χ1) is 12.1. The van der Waals surface area contributed by atoms with E-state index < -0.39 is 0 Å². The lowest BCUT2D eigenvalue weighted by Crippen LogP contribution is -2.31. The quantitative estimate of drug-likeness (QED) is 0.783. The summed E-state index contributed by atoms with van der Waals surface area (Å²) >= 11 is 0. The van der Waals surface area contributed by atoms with Crippen LogP contribution in [-0.2, 0) is 0 Å². The van der Waals surface area contributed by atoms with Gasteiger partial charge in [-0.1, -0.05) is 38.1 Å². The Hall–Kier alpha value is -2.95. The van der Waals surface area contributed by atoms with Gasteiger partial charge < -0.3 is 5.32 Å². The number of hydrogen-bond donors (Lipinski definition) is 1. The number of hydrogen-bond acceptors (Lipinski definition) is 3. The van der Waals surface area contributed by atoms with Crippen LogP contribution < -0.4 is 10.9 Å². The Labute approximate surface area is 145 Å². The Morgan fingerprint density at radius 1 is 1.08 bits per heavy atom. The zero-order chi connectivity index (χ0) is 17.6. The summed E-state index contributed by atoms with van der Waals surface area (Å²) in [6, 6.07) is 14.2. The van der Waals surface area contributed by atoms with Gasteiger partial charge in [0, 0.05) is 0 Å². The molecule has 1 aliphatic heterocycles. The maximum absolute atomic E-state index is 13.2. The fourth-order valence-electron chi connectivity index (χ4n) is 3.41. The van der Waals surface area contributed by atoms with Gasteiger partial charge in [0.25, 0.3) is 11.5 Å². The Morgan fingerprint density at radius 3 is 2.60 bits per heavy atom. The highest BCUT2D eigenvalue weighted by molar-refractivity contribution is 5.98. The molecule has 1 aliphatic rings. The molecule has 2 heterocycles. The van der Waals surface area contributed by atoms with E-state index in [4.69, 9.17) is 4.98 Å². The predicted octanol–water partition coefficient (Wildman–Crippen LogP) is 3.22. The van der Waals surface area contributed by atoms with Crippen molar-refractivity contribution in [3.05, 3.63) is 70.3 Å². The molecule has 5 nitrogen and oxygen atoms in total. The molecule has 1 atom stereocenters. The molecule has 0 fully saturated rings. The average Bonchev–Trinajstić information content (AvgIpc) is 2.71. The molecule has 2 aromatic carbocycles. The van der Waals surface area contributed by atoms with Gasteiger partial charge in [0.05, 0.1) is 28.2 Å². The highest BCUT2D eigenvalue weighted by Crippen LogP contribution is 2.28. The smallest absolute Gasteiger partial charge is 0.266 e. The van der Waals surface area contributed by atoms with Gasteiger partial charge in [-0.2, -0.15) is 0 Å². The van der Waals surface area contributed by atoms with E-state index in [1.807, 2.05) is 24.3 Å². The lowest BCUT2D eigenvalue weighted by Gasteiger charge is -2.20. The molecule has 1 aromatic heterocycles. The van der Waals surface area contributed by atoms with Crippen molar-refractivity contribution in [1.29, 1.82) is 0 Å². The van der Waals surface area contributed by atoms with Crippen LogP contribution in [0.4, 0.5) is 0 Å². The van der Waals surface area contributed by atoms with Gasteiger partial charge in [-0.15, -0.1) is 0 Å². The minimum Gasteiger partial charge on any atom is -0.342 e.